The second-order valence-electron chi connectivity index (χ2n) is 31.7. The zero-order valence-corrected chi connectivity index (χ0v) is 90.9. The third-order valence-corrected chi connectivity index (χ3v) is 17.6. The van der Waals surface area contributed by atoms with Gasteiger partial charge in [0.15, 0.2) is 0 Å². The third-order valence-electron chi connectivity index (χ3n) is 17.6. The lowest BCUT2D eigenvalue weighted by molar-refractivity contribution is -0.140. The fraction of sp³-hybridized carbons (Fsp3) is 0.991. The molecule has 0 rings (SSSR count). The van der Waals surface area contributed by atoms with Crippen molar-refractivity contribution in [3.05, 3.63) is 0 Å². The first kappa shape index (κ1) is 161. The van der Waals surface area contributed by atoms with Gasteiger partial charge in [-0.1, -0.05) is 712 Å². The van der Waals surface area contributed by atoms with Gasteiger partial charge in [-0.2, -0.15) is 0 Å². The van der Waals surface area contributed by atoms with Crippen molar-refractivity contribution in [3.8, 4) is 0 Å². The van der Waals surface area contributed by atoms with E-state index in [4.69, 9.17) is 0 Å². The molecular formula is C112H260O2. The molecule has 0 aliphatic heterocycles. The summed E-state index contributed by atoms with van der Waals surface area (Å²) in [6, 6.07) is 0. The summed E-state index contributed by atoms with van der Waals surface area (Å²) in [5.74, 6) is -0.211. The Morgan fingerprint density at radius 3 is 0.167 bits per heavy atom. The number of esters is 1. The van der Waals surface area contributed by atoms with Crippen LogP contribution in [0.3, 0.4) is 0 Å². The number of rotatable bonds is 55. The van der Waals surface area contributed by atoms with Crippen LogP contribution in [0.1, 0.15) is 725 Å². The molecule has 0 aromatic rings. The molecule has 0 bridgehead atoms. The van der Waals surface area contributed by atoms with Crippen molar-refractivity contribution in [2.75, 3.05) is 6.61 Å². The van der Waals surface area contributed by atoms with Crippen molar-refractivity contribution in [1.29, 1.82) is 0 Å². The molecule has 0 amide bonds. The van der Waals surface area contributed by atoms with Crippen LogP contribution in [0.4, 0.5) is 0 Å². The van der Waals surface area contributed by atoms with Crippen molar-refractivity contribution in [2.45, 2.75) is 725 Å². The normalized spacial score (nSPS) is 8.93. The highest BCUT2D eigenvalue weighted by Crippen LogP contribution is 2.04. The molecular weight excluding hydrogens is 1380 g/mol. The first-order chi connectivity index (χ1) is 55.2. The molecule has 0 heterocycles. The number of unbranched alkanes of at least 4 members (excludes halogenated alkanes) is 54. The van der Waals surface area contributed by atoms with Crippen molar-refractivity contribution in [2.24, 2.45) is 0 Å². The second-order valence-corrected chi connectivity index (χ2v) is 31.7. The van der Waals surface area contributed by atoms with Gasteiger partial charge in [0.05, 0.1) is 6.61 Å². The summed E-state index contributed by atoms with van der Waals surface area (Å²) < 4.78 is 4.40. The van der Waals surface area contributed by atoms with Gasteiger partial charge in [-0.3, -0.25) is 4.79 Å². The summed E-state index contributed by atoms with van der Waals surface area (Å²) in [5.41, 5.74) is 0. The first-order valence-corrected chi connectivity index (χ1v) is 54.4. The molecule has 2 nitrogen and oxygen atoms in total. The molecule has 0 aliphatic carbocycles. The number of carbonyl (C=O) groups is 1. The molecule has 0 fully saturated rings. The third kappa shape index (κ3) is 427. The minimum Gasteiger partial charge on any atom is -0.466 e. The fourth-order valence-electron chi connectivity index (χ4n) is 9.20. The van der Waals surface area contributed by atoms with Crippen molar-refractivity contribution < 1.29 is 9.53 Å². The minimum atomic E-state index is -0.211. The predicted octanol–water partition coefficient (Wildman–Crippen LogP) is 47.1. The zero-order valence-electron chi connectivity index (χ0n) is 90.9. The second kappa shape index (κ2) is 239. The lowest BCUT2D eigenvalue weighted by atomic mass is 10.2. The van der Waals surface area contributed by atoms with Gasteiger partial charge < -0.3 is 4.74 Å². The molecule has 0 saturated heterocycles. The van der Waals surface area contributed by atoms with Gasteiger partial charge in [0.1, 0.15) is 0 Å². The van der Waals surface area contributed by atoms with Crippen LogP contribution in [0.25, 0.3) is 0 Å². The fourth-order valence-corrected chi connectivity index (χ4v) is 9.20. The van der Waals surface area contributed by atoms with Gasteiger partial charge in [0.25, 0.3) is 0 Å². The van der Waals surface area contributed by atoms with E-state index in [1.54, 1.807) is 6.92 Å². The zero-order chi connectivity index (χ0) is 91.9. The number of ether oxygens (including phenoxy) is 1. The van der Waals surface area contributed by atoms with E-state index in [0.717, 1.165) is 0 Å². The number of hydrogen-bond donors (Lipinski definition) is 0. The van der Waals surface area contributed by atoms with Crippen LogP contribution in [-0.4, -0.2) is 12.6 Å². The maximum absolute atomic E-state index is 9.82. The van der Waals surface area contributed by atoms with Crippen LogP contribution in [0.5, 0.6) is 0 Å². The van der Waals surface area contributed by atoms with Crippen molar-refractivity contribution in [3.63, 3.8) is 0 Å². The Morgan fingerprint density at radius 1 is 0.114 bits per heavy atom. The number of hydrogen-bond acceptors (Lipinski definition) is 2. The highest BCUT2D eigenvalue weighted by Gasteiger charge is 1.85. The monoisotopic (exact) mass is 1640 g/mol. The van der Waals surface area contributed by atoms with E-state index >= 15 is 0 Å². The molecule has 0 saturated carbocycles. The largest absolute Gasteiger partial charge is 0.466 e. The highest BCUT2D eigenvalue weighted by molar-refractivity contribution is 5.65. The molecule has 2 heteroatoms. The summed E-state index contributed by atoms with van der Waals surface area (Å²) in [5, 5.41) is 0. The van der Waals surface area contributed by atoms with Gasteiger partial charge in [-0.25, -0.2) is 0 Å². The van der Waals surface area contributed by atoms with Crippen LogP contribution in [0.15, 0.2) is 0 Å². The van der Waals surface area contributed by atoms with Crippen molar-refractivity contribution in [1.82, 2.24) is 0 Å². The lowest BCUT2D eigenvalue weighted by Gasteiger charge is -1.89. The van der Waals surface area contributed by atoms with Crippen LogP contribution in [0, 0.1) is 0 Å². The van der Waals surface area contributed by atoms with E-state index in [0.29, 0.717) is 6.61 Å². The van der Waals surface area contributed by atoms with Crippen molar-refractivity contribution >= 4 is 5.97 Å². The summed E-state index contributed by atoms with van der Waals surface area (Å²) in [6.45, 7) is 84.0. The topological polar surface area (TPSA) is 26.3 Å². The molecule has 0 N–H and O–H groups in total. The Balaban J connectivity index is -0.0000000492. The van der Waals surface area contributed by atoms with Gasteiger partial charge >= 0.3 is 5.97 Å². The van der Waals surface area contributed by atoms with E-state index in [9.17, 15) is 4.79 Å². The Morgan fingerprint density at radius 2 is 0.158 bits per heavy atom. The Bertz CT molecular complexity index is 650. The van der Waals surface area contributed by atoms with Gasteiger partial charge in [-0.05, 0) is 6.92 Å². The predicted molar refractivity (Wildman–Crippen MR) is 559 cm³/mol. The summed E-state index contributed by atoms with van der Waals surface area (Å²) in [7, 11) is 0. The van der Waals surface area contributed by atoms with Crippen LogP contribution >= 0.6 is 0 Å². The SMILES string of the molecule is CCCCCC.CCCCCC.CCCCCC.CCCCCC.CCCCCC.CCCCCC.CCCCCC.CCCCCC.CCCCCC.CCCCCC.CCCCCC.CCCCCC.CCCCCC.CCCCCC.CCCCCC.CCCCCC.CCCCCC.CCCCCC.CCOC(C)=O. The summed E-state index contributed by atoms with van der Waals surface area (Å²) in [6.07, 6.45) is 99.7. The average molecular weight is 1640 g/mol. The van der Waals surface area contributed by atoms with Crippen LogP contribution < -0.4 is 0 Å². The highest BCUT2D eigenvalue weighted by atomic mass is 16.5. The lowest BCUT2D eigenvalue weighted by Crippen LogP contribution is -1.95. The molecule has 0 aromatic heterocycles. The quantitative estimate of drug-likeness (QED) is 0.0448. The van der Waals surface area contributed by atoms with E-state index in [-0.39, 0.29) is 5.97 Å². The van der Waals surface area contributed by atoms with Gasteiger partial charge in [0.2, 0.25) is 0 Å². The average Bonchev–Trinajstić information content (AvgIpc) is 3.85. The Hall–Kier alpha value is -0.530. The van der Waals surface area contributed by atoms with Gasteiger partial charge in [-0.15, -0.1) is 0 Å². The molecule has 0 radical (unpaired) electrons. The summed E-state index contributed by atoms with van der Waals surface area (Å²) in [4.78, 5) is 9.82. The Labute approximate surface area is 743 Å². The summed E-state index contributed by atoms with van der Waals surface area (Å²) >= 11 is 0. The van der Waals surface area contributed by atoms with Crippen LogP contribution in [0.2, 0.25) is 0 Å². The molecule has 0 aliphatic rings. The molecule has 0 unspecified atom stereocenters. The molecule has 114 heavy (non-hydrogen) atoms. The van der Waals surface area contributed by atoms with E-state index in [1.165, 1.54) is 469 Å². The first-order valence-electron chi connectivity index (χ1n) is 54.4. The van der Waals surface area contributed by atoms with E-state index in [2.05, 4.69) is 254 Å². The van der Waals surface area contributed by atoms with Crippen LogP contribution in [-0.2, 0) is 9.53 Å². The molecule has 0 aromatic carbocycles. The molecule has 720 valence electrons. The number of carbonyl (C=O) groups excluding carboxylic acids is 1. The Kier molecular flexibility index (Phi) is 337. The van der Waals surface area contributed by atoms with E-state index < -0.39 is 0 Å². The maximum atomic E-state index is 9.82. The smallest absolute Gasteiger partial charge is 0.302 e. The molecule has 0 spiro atoms. The van der Waals surface area contributed by atoms with Gasteiger partial charge in [0, 0.05) is 6.92 Å². The standard InChI is InChI=1S/18C6H14.C4H8O2/c18*1-3-5-6-4-2;1-3-6-4(2)5/h18*3-6H2,1-2H3;3H2,1-2H3. The maximum Gasteiger partial charge on any atom is 0.302 e. The molecule has 0 atom stereocenters. The minimum absolute atomic E-state index is 0.211. The van der Waals surface area contributed by atoms with E-state index in [1.807, 2.05) is 0 Å².